The van der Waals surface area contributed by atoms with Gasteiger partial charge in [-0.05, 0) is 36.4 Å². The van der Waals surface area contributed by atoms with Crippen molar-refractivity contribution in [1.29, 1.82) is 0 Å². The minimum absolute atomic E-state index is 0.0207. The maximum absolute atomic E-state index is 12.4. The molecular formula is C13H9F3O4S. The van der Waals surface area contributed by atoms with E-state index >= 15 is 0 Å². The van der Waals surface area contributed by atoms with Gasteiger partial charge in [-0.3, -0.25) is 4.79 Å². The van der Waals surface area contributed by atoms with Gasteiger partial charge in [0.1, 0.15) is 11.5 Å². The summed E-state index contributed by atoms with van der Waals surface area (Å²) in [5.41, 5.74) is -0.928. The van der Waals surface area contributed by atoms with Crippen molar-refractivity contribution in [3.63, 3.8) is 0 Å². The van der Waals surface area contributed by atoms with Crippen LogP contribution in [0.3, 0.4) is 0 Å². The highest BCUT2D eigenvalue weighted by molar-refractivity contribution is 7.90. The molecule has 2 rings (SSSR count). The van der Waals surface area contributed by atoms with Crippen LogP contribution in [0.1, 0.15) is 21.9 Å². The van der Waals surface area contributed by atoms with Gasteiger partial charge in [0.15, 0.2) is 21.9 Å². The molecule has 0 N–H and O–H groups in total. The van der Waals surface area contributed by atoms with Gasteiger partial charge in [0.25, 0.3) is 0 Å². The van der Waals surface area contributed by atoms with Crippen molar-refractivity contribution < 1.29 is 30.8 Å². The smallest absolute Gasteiger partial charge is 0.416 e. The summed E-state index contributed by atoms with van der Waals surface area (Å²) >= 11 is 0. The SMILES string of the molecule is O=Cc1ccc(CS(=O)(=O)c2ccc(C(F)(F)F)cc2)o1. The first-order valence-corrected chi connectivity index (χ1v) is 7.31. The molecule has 0 fully saturated rings. The maximum Gasteiger partial charge on any atom is 0.416 e. The number of alkyl halides is 3. The van der Waals surface area contributed by atoms with Crippen molar-refractivity contribution in [3.05, 3.63) is 53.5 Å². The van der Waals surface area contributed by atoms with Crippen LogP contribution in [0.25, 0.3) is 0 Å². The van der Waals surface area contributed by atoms with Gasteiger partial charge in [-0.1, -0.05) is 0 Å². The first-order valence-electron chi connectivity index (χ1n) is 5.66. The molecule has 0 spiro atoms. The predicted octanol–water partition coefficient (Wildman–Crippen LogP) is 3.08. The number of benzene rings is 1. The van der Waals surface area contributed by atoms with Gasteiger partial charge < -0.3 is 4.42 Å². The molecule has 8 heteroatoms. The normalized spacial score (nSPS) is 12.3. The highest BCUT2D eigenvalue weighted by atomic mass is 32.2. The fourth-order valence-electron chi connectivity index (χ4n) is 1.66. The number of rotatable bonds is 4. The molecule has 0 amide bonds. The highest BCUT2D eigenvalue weighted by Crippen LogP contribution is 2.30. The Balaban J connectivity index is 2.25. The minimum atomic E-state index is -4.53. The van der Waals surface area contributed by atoms with E-state index in [0.29, 0.717) is 18.4 Å². The van der Waals surface area contributed by atoms with Gasteiger partial charge >= 0.3 is 6.18 Å². The van der Waals surface area contributed by atoms with Crippen LogP contribution in [0.2, 0.25) is 0 Å². The van der Waals surface area contributed by atoms with E-state index in [1.807, 2.05) is 0 Å². The number of aldehydes is 1. The lowest BCUT2D eigenvalue weighted by atomic mass is 10.2. The van der Waals surface area contributed by atoms with Crippen LogP contribution in [-0.2, 0) is 21.8 Å². The zero-order valence-electron chi connectivity index (χ0n) is 10.4. The third-order valence-corrected chi connectivity index (χ3v) is 4.33. The summed E-state index contributed by atoms with van der Waals surface area (Å²) in [5.74, 6) is -0.517. The second kappa shape index (κ2) is 5.36. The number of sulfone groups is 1. The molecule has 4 nitrogen and oxygen atoms in total. The van der Waals surface area contributed by atoms with Crippen LogP contribution in [0, 0.1) is 0 Å². The Bertz CT molecular complexity index is 742. The topological polar surface area (TPSA) is 64.3 Å². The van der Waals surface area contributed by atoms with Crippen molar-refractivity contribution in [3.8, 4) is 0 Å². The van der Waals surface area contributed by atoms with Gasteiger partial charge in [-0.15, -0.1) is 0 Å². The van der Waals surface area contributed by atoms with Gasteiger partial charge in [-0.25, -0.2) is 8.42 Å². The summed E-state index contributed by atoms with van der Waals surface area (Å²) in [4.78, 5) is 10.2. The number of carbonyl (C=O) groups excluding carboxylic acids is 1. The Morgan fingerprint density at radius 1 is 1.05 bits per heavy atom. The molecular weight excluding hydrogens is 309 g/mol. The lowest BCUT2D eigenvalue weighted by Gasteiger charge is -2.07. The van der Waals surface area contributed by atoms with Crippen molar-refractivity contribution >= 4 is 16.1 Å². The summed E-state index contributed by atoms with van der Waals surface area (Å²) in [5, 5.41) is 0. The van der Waals surface area contributed by atoms with E-state index in [1.54, 1.807) is 0 Å². The highest BCUT2D eigenvalue weighted by Gasteiger charge is 2.30. The Morgan fingerprint density at radius 3 is 2.14 bits per heavy atom. The van der Waals surface area contributed by atoms with Crippen LogP contribution in [0.5, 0.6) is 0 Å². The molecule has 0 atom stereocenters. The molecule has 112 valence electrons. The fraction of sp³-hybridized carbons (Fsp3) is 0.154. The Hall–Kier alpha value is -2.09. The zero-order valence-corrected chi connectivity index (χ0v) is 11.2. The average Bonchev–Trinajstić information content (AvgIpc) is 2.85. The molecule has 0 radical (unpaired) electrons. The van der Waals surface area contributed by atoms with Crippen LogP contribution >= 0.6 is 0 Å². The van der Waals surface area contributed by atoms with Crippen molar-refractivity contribution in [1.82, 2.24) is 0 Å². The summed E-state index contributed by atoms with van der Waals surface area (Å²) in [6.07, 6.45) is -4.10. The summed E-state index contributed by atoms with van der Waals surface area (Å²) in [7, 11) is -3.85. The molecule has 1 heterocycles. The van der Waals surface area contributed by atoms with E-state index in [2.05, 4.69) is 0 Å². The first-order chi connectivity index (χ1) is 9.72. The molecule has 0 saturated carbocycles. The summed E-state index contributed by atoms with van der Waals surface area (Å²) < 4.78 is 66.2. The average molecular weight is 318 g/mol. The number of hydrogen-bond donors (Lipinski definition) is 0. The monoisotopic (exact) mass is 318 g/mol. The summed E-state index contributed by atoms with van der Waals surface area (Å²) in [6.45, 7) is 0. The molecule has 0 saturated heterocycles. The Morgan fingerprint density at radius 2 is 1.67 bits per heavy atom. The number of hydrogen-bond acceptors (Lipinski definition) is 4. The molecule has 21 heavy (non-hydrogen) atoms. The van der Waals surface area contributed by atoms with Gasteiger partial charge in [0.05, 0.1) is 10.5 Å². The third-order valence-electron chi connectivity index (χ3n) is 2.67. The first kappa shape index (κ1) is 15.3. The van der Waals surface area contributed by atoms with E-state index in [0.717, 1.165) is 12.1 Å². The standard InChI is InChI=1S/C13H9F3O4S/c14-13(15,16)9-1-5-12(6-2-9)21(18,19)8-11-4-3-10(7-17)20-11/h1-7H,8H2. The van der Waals surface area contributed by atoms with Crippen molar-refractivity contribution in [2.24, 2.45) is 0 Å². The predicted molar refractivity (Wildman–Crippen MR) is 66.4 cm³/mol. The molecule has 0 unspecified atom stereocenters. The minimum Gasteiger partial charge on any atom is -0.457 e. The number of halogens is 3. The lowest BCUT2D eigenvalue weighted by molar-refractivity contribution is -0.137. The number of carbonyl (C=O) groups is 1. The Kier molecular flexibility index (Phi) is 3.91. The zero-order chi connectivity index (χ0) is 15.7. The molecule has 1 aromatic carbocycles. The second-order valence-electron chi connectivity index (χ2n) is 4.20. The Labute approximate surface area is 118 Å². The number of furan rings is 1. The molecule has 0 aliphatic carbocycles. The van der Waals surface area contributed by atoms with Crippen LogP contribution in [-0.4, -0.2) is 14.7 Å². The molecule has 2 aromatic rings. The third kappa shape index (κ3) is 3.52. The van der Waals surface area contributed by atoms with Gasteiger partial charge in [0.2, 0.25) is 0 Å². The van der Waals surface area contributed by atoms with Gasteiger partial charge in [-0.2, -0.15) is 13.2 Å². The fourth-order valence-corrected chi connectivity index (χ4v) is 2.90. The van der Waals surface area contributed by atoms with Crippen molar-refractivity contribution in [2.75, 3.05) is 0 Å². The van der Waals surface area contributed by atoms with Crippen LogP contribution in [0.4, 0.5) is 13.2 Å². The van der Waals surface area contributed by atoms with Crippen LogP contribution in [0.15, 0.2) is 45.7 Å². The van der Waals surface area contributed by atoms with E-state index in [9.17, 15) is 26.4 Å². The largest absolute Gasteiger partial charge is 0.457 e. The van der Waals surface area contributed by atoms with Crippen molar-refractivity contribution in [2.45, 2.75) is 16.8 Å². The van der Waals surface area contributed by atoms with Gasteiger partial charge in [0, 0.05) is 0 Å². The van der Waals surface area contributed by atoms with E-state index in [1.165, 1.54) is 12.1 Å². The molecule has 0 aliphatic rings. The second-order valence-corrected chi connectivity index (χ2v) is 6.19. The van der Waals surface area contributed by atoms with E-state index < -0.39 is 27.3 Å². The van der Waals surface area contributed by atoms with E-state index in [4.69, 9.17) is 4.42 Å². The van der Waals surface area contributed by atoms with E-state index in [-0.39, 0.29) is 16.4 Å². The lowest BCUT2D eigenvalue weighted by Crippen LogP contribution is -2.07. The molecule has 0 aliphatic heterocycles. The molecule has 0 bridgehead atoms. The maximum atomic E-state index is 12.4. The quantitative estimate of drug-likeness (QED) is 0.813. The van der Waals surface area contributed by atoms with Crippen LogP contribution < -0.4 is 0 Å². The summed E-state index contributed by atoms with van der Waals surface area (Å²) in [6, 6.07) is 5.82. The molecule has 1 aromatic heterocycles.